The Morgan fingerprint density at radius 1 is 1.28 bits per heavy atom. The molecule has 1 aromatic heterocycles. The maximum absolute atomic E-state index is 13.5. The Kier molecular flexibility index (Phi) is 4.61. The number of hydrogen-bond donors (Lipinski definition) is 1. The normalized spacial score (nSPS) is 29.5. The van der Waals surface area contributed by atoms with Crippen molar-refractivity contribution in [3.05, 3.63) is 58.0 Å². The van der Waals surface area contributed by atoms with Crippen LogP contribution in [0.2, 0.25) is 0 Å². The predicted octanol–water partition coefficient (Wildman–Crippen LogP) is 3.93. The minimum absolute atomic E-state index is 0.0261. The quantitative estimate of drug-likeness (QED) is 0.902. The van der Waals surface area contributed by atoms with Crippen LogP contribution in [0.15, 0.2) is 41.1 Å². The van der Waals surface area contributed by atoms with E-state index in [-0.39, 0.29) is 35.7 Å². The van der Waals surface area contributed by atoms with Crippen LogP contribution in [0, 0.1) is 11.7 Å². The number of likely N-dealkylation sites (tertiary alicyclic amines) is 1. The van der Waals surface area contributed by atoms with Crippen molar-refractivity contribution in [3.8, 4) is 0 Å². The molecule has 0 radical (unpaired) electrons. The van der Waals surface area contributed by atoms with Crippen LogP contribution in [-0.2, 0) is 11.3 Å². The number of rotatable bonds is 3. The summed E-state index contributed by atoms with van der Waals surface area (Å²) in [5.41, 5.74) is 1.97. The number of piperidine rings is 1. The lowest BCUT2D eigenvalue weighted by molar-refractivity contribution is -0.146. The highest BCUT2D eigenvalue weighted by Crippen LogP contribution is 2.45. The van der Waals surface area contributed by atoms with Crippen LogP contribution < -0.4 is 0 Å². The molecule has 1 aliphatic heterocycles. The van der Waals surface area contributed by atoms with Gasteiger partial charge in [0, 0.05) is 30.8 Å². The van der Waals surface area contributed by atoms with E-state index in [2.05, 4.69) is 11.4 Å². The van der Waals surface area contributed by atoms with Crippen LogP contribution >= 0.6 is 11.3 Å². The maximum Gasteiger partial charge on any atom is 0.223 e. The first-order valence-electron chi connectivity index (χ1n) is 8.87. The van der Waals surface area contributed by atoms with Gasteiger partial charge in [0.2, 0.25) is 5.91 Å². The number of aliphatic hydroxyl groups excluding tert-OH is 1. The fourth-order valence-corrected chi connectivity index (χ4v) is 5.29. The van der Waals surface area contributed by atoms with Gasteiger partial charge in [-0.15, -0.1) is 0 Å². The van der Waals surface area contributed by atoms with Crippen LogP contribution in [0.25, 0.3) is 0 Å². The lowest BCUT2D eigenvalue weighted by atomic mass is 9.68. The highest BCUT2D eigenvalue weighted by Gasteiger charge is 2.47. The van der Waals surface area contributed by atoms with Gasteiger partial charge in [0.25, 0.3) is 0 Å². The minimum Gasteiger partial charge on any atom is -0.393 e. The average Bonchev–Trinajstić information content (AvgIpc) is 3.12. The Balaban J connectivity index is 1.64. The molecule has 4 atom stereocenters. The zero-order valence-corrected chi connectivity index (χ0v) is 14.8. The third-order valence-electron chi connectivity index (χ3n) is 5.68. The van der Waals surface area contributed by atoms with Crippen molar-refractivity contribution in [1.82, 2.24) is 4.90 Å². The van der Waals surface area contributed by atoms with Gasteiger partial charge in [-0.25, -0.2) is 4.39 Å². The molecular formula is C20H22FNO2S. The molecule has 1 amide bonds. The standard InChI is InChI=1S/C20H22FNO2S/c21-15-4-1-3-13(9-15)11-22-17-5-2-6-18(23)20(17)16(10-19(22)24)14-7-8-25-12-14/h1,3-4,7-9,12,16-18,20,23H,2,5-6,10-11H2/t16-,17-,18+,20-/m1/s1. The monoisotopic (exact) mass is 359 g/mol. The second-order valence-electron chi connectivity index (χ2n) is 7.16. The van der Waals surface area contributed by atoms with E-state index in [0.29, 0.717) is 13.0 Å². The second kappa shape index (κ2) is 6.89. The fourth-order valence-electron chi connectivity index (χ4n) is 4.57. The third-order valence-corrected chi connectivity index (χ3v) is 6.38. The first-order chi connectivity index (χ1) is 12.1. The summed E-state index contributed by atoms with van der Waals surface area (Å²) in [6.45, 7) is 0.417. The largest absolute Gasteiger partial charge is 0.393 e. The van der Waals surface area contributed by atoms with Crippen LogP contribution in [0.3, 0.4) is 0 Å². The van der Waals surface area contributed by atoms with E-state index >= 15 is 0 Å². The van der Waals surface area contributed by atoms with Crippen molar-refractivity contribution in [3.63, 3.8) is 0 Å². The molecule has 1 saturated heterocycles. The van der Waals surface area contributed by atoms with Gasteiger partial charge in [-0.2, -0.15) is 11.3 Å². The zero-order valence-electron chi connectivity index (χ0n) is 14.0. The summed E-state index contributed by atoms with van der Waals surface area (Å²) in [4.78, 5) is 14.8. The Bertz CT molecular complexity index is 748. The number of halogens is 1. The van der Waals surface area contributed by atoms with E-state index in [1.807, 2.05) is 16.3 Å². The molecule has 2 fully saturated rings. The second-order valence-corrected chi connectivity index (χ2v) is 7.94. The van der Waals surface area contributed by atoms with Gasteiger partial charge in [-0.1, -0.05) is 12.1 Å². The van der Waals surface area contributed by atoms with Gasteiger partial charge in [0.15, 0.2) is 0 Å². The average molecular weight is 359 g/mol. The Morgan fingerprint density at radius 3 is 2.92 bits per heavy atom. The number of carbonyl (C=O) groups excluding carboxylic acids is 1. The number of fused-ring (bicyclic) bond motifs is 1. The van der Waals surface area contributed by atoms with E-state index < -0.39 is 0 Å². The Hall–Kier alpha value is -1.72. The lowest BCUT2D eigenvalue weighted by Gasteiger charge is -2.49. The molecule has 2 aliphatic rings. The first-order valence-corrected chi connectivity index (χ1v) is 9.82. The predicted molar refractivity (Wildman–Crippen MR) is 95.8 cm³/mol. The van der Waals surface area contributed by atoms with Crippen molar-refractivity contribution in [1.29, 1.82) is 0 Å². The van der Waals surface area contributed by atoms with Gasteiger partial charge < -0.3 is 10.0 Å². The molecule has 132 valence electrons. The molecule has 1 saturated carbocycles. The summed E-state index contributed by atoms with van der Waals surface area (Å²) in [5.74, 6) is -0.0217. The number of thiophene rings is 1. The summed E-state index contributed by atoms with van der Waals surface area (Å²) in [7, 11) is 0. The molecule has 5 heteroatoms. The number of benzene rings is 1. The van der Waals surface area contributed by atoms with E-state index in [1.54, 1.807) is 17.4 Å². The van der Waals surface area contributed by atoms with Crippen LogP contribution in [0.1, 0.15) is 42.7 Å². The highest BCUT2D eigenvalue weighted by molar-refractivity contribution is 7.08. The van der Waals surface area contributed by atoms with Crippen molar-refractivity contribution in [2.75, 3.05) is 0 Å². The number of aliphatic hydroxyl groups is 1. The summed E-state index contributed by atoms with van der Waals surface area (Å²) < 4.78 is 13.5. The molecule has 2 heterocycles. The lowest BCUT2D eigenvalue weighted by Crippen LogP contribution is -2.56. The third kappa shape index (κ3) is 3.23. The Labute approximate surface area is 151 Å². The molecule has 0 spiro atoms. The van der Waals surface area contributed by atoms with E-state index in [1.165, 1.54) is 17.7 Å². The highest BCUT2D eigenvalue weighted by atomic mass is 32.1. The molecule has 3 nitrogen and oxygen atoms in total. The van der Waals surface area contributed by atoms with Crippen molar-refractivity contribution >= 4 is 17.2 Å². The van der Waals surface area contributed by atoms with Crippen molar-refractivity contribution in [2.24, 2.45) is 5.92 Å². The van der Waals surface area contributed by atoms with Crippen molar-refractivity contribution in [2.45, 2.75) is 50.3 Å². The molecule has 1 N–H and O–H groups in total. The summed E-state index contributed by atoms with van der Waals surface area (Å²) in [6, 6.07) is 8.55. The minimum atomic E-state index is -0.383. The number of carbonyl (C=O) groups is 1. The topological polar surface area (TPSA) is 40.5 Å². The molecular weight excluding hydrogens is 337 g/mol. The van der Waals surface area contributed by atoms with Gasteiger partial charge in [0.05, 0.1) is 6.10 Å². The molecule has 1 aromatic carbocycles. The SMILES string of the molecule is O=C1C[C@H](c2ccsc2)[C@@H]2[C@@H](CCC[C@@H]2O)N1Cc1cccc(F)c1. The van der Waals surface area contributed by atoms with Gasteiger partial charge in [-0.05, 0) is 59.3 Å². The number of amides is 1. The number of nitrogens with zero attached hydrogens (tertiary/aromatic N) is 1. The summed E-state index contributed by atoms with van der Waals surface area (Å²) >= 11 is 1.63. The van der Waals surface area contributed by atoms with E-state index in [9.17, 15) is 14.3 Å². The molecule has 2 aromatic rings. The number of hydrogen-bond acceptors (Lipinski definition) is 3. The van der Waals surface area contributed by atoms with Crippen LogP contribution in [0.5, 0.6) is 0 Å². The van der Waals surface area contributed by atoms with Gasteiger partial charge >= 0.3 is 0 Å². The van der Waals surface area contributed by atoms with Gasteiger partial charge in [-0.3, -0.25) is 4.79 Å². The molecule has 0 unspecified atom stereocenters. The van der Waals surface area contributed by atoms with E-state index in [0.717, 1.165) is 24.8 Å². The zero-order chi connectivity index (χ0) is 17.4. The fraction of sp³-hybridized carbons (Fsp3) is 0.450. The van der Waals surface area contributed by atoms with Gasteiger partial charge in [0.1, 0.15) is 5.82 Å². The molecule has 0 bridgehead atoms. The maximum atomic E-state index is 13.5. The smallest absolute Gasteiger partial charge is 0.223 e. The molecule has 1 aliphatic carbocycles. The van der Waals surface area contributed by atoms with Crippen LogP contribution in [-0.4, -0.2) is 28.1 Å². The van der Waals surface area contributed by atoms with Crippen LogP contribution in [0.4, 0.5) is 4.39 Å². The summed E-state index contributed by atoms with van der Waals surface area (Å²) in [6.07, 6.45) is 2.66. The van der Waals surface area contributed by atoms with Crippen molar-refractivity contribution < 1.29 is 14.3 Å². The molecule has 4 rings (SSSR count). The molecule has 25 heavy (non-hydrogen) atoms. The Morgan fingerprint density at radius 2 is 2.16 bits per heavy atom. The van der Waals surface area contributed by atoms with E-state index in [4.69, 9.17) is 0 Å². The first kappa shape index (κ1) is 16.7. The summed E-state index contributed by atoms with van der Waals surface area (Å²) in [5, 5.41) is 14.8.